The van der Waals surface area contributed by atoms with Crippen molar-refractivity contribution in [2.24, 2.45) is 5.92 Å². The number of methoxy groups -OCH3 is 2. The van der Waals surface area contributed by atoms with E-state index in [-0.39, 0.29) is 11.8 Å². The number of ketones is 1. The first-order chi connectivity index (χ1) is 12.8. The Morgan fingerprint density at radius 1 is 1.04 bits per heavy atom. The van der Waals surface area contributed by atoms with E-state index in [1.165, 1.54) is 0 Å². The first-order valence-electron chi connectivity index (χ1n) is 9.38. The average Bonchev–Trinajstić information content (AvgIpc) is 3.12. The van der Waals surface area contributed by atoms with Crippen molar-refractivity contribution in [3.63, 3.8) is 0 Å². The van der Waals surface area contributed by atoms with Gasteiger partial charge in [0.2, 0.25) is 0 Å². The molecule has 1 aliphatic heterocycles. The predicted octanol–water partition coefficient (Wildman–Crippen LogP) is 1.84. The van der Waals surface area contributed by atoms with Gasteiger partial charge in [0, 0.05) is 12.5 Å². The summed E-state index contributed by atoms with van der Waals surface area (Å²) in [5.74, 6) is 1.55. The van der Waals surface area contributed by atoms with Crippen LogP contribution in [0.2, 0.25) is 5.82 Å². The van der Waals surface area contributed by atoms with Crippen LogP contribution in [0.1, 0.15) is 33.1 Å². The molecule has 2 fully saturated rings. The van der Waals surface area contributed by atoms with Gasteiger partial charge in [-0.2, -0.15) is 0 Å². The predicted molar refractivity (Wildman–Crippen MR) is 113 cm³/mol. The summed E-state index contributed by atoms with van der Waals surface area (Å²) in [6.07, 6.45) is 2.42. The van der Waals surface area contributed by atoms with Gasteiger partial charge in [0.15, 0.2) is 11.5 Å². The molecule has 4 nitrogen and oxygen atoms in total. The minimum atomic E-state index is -1.37. The Morgan fingerprint density at radius 2 is 1.56 bits per heavy atom. The second-order valence-corrected chi connectivity index (χ2v) is 6.51. The Morgan fingerprint density at radius 3 is 2.00 bits per heavy atom. The van der Waals surface area contributed by atoms with E-state index in [0.29, 0.717) is 12.3 Å². The van der Waals surface area contributed by atoms with Crippen molar-refractivity contribution in [1.82, 2.24) is 4.90 Å². The zero-order chi connectivity index (χ0) is 20.6. The highest BCUT2D eigenvalue weighted by Crippen LogP contribution is 2.41. The molecule has 1 saturated carbocycles. The molecule has 0 spiro atoms. The zero-order valence-electron chi connectivity index (χ0n) is 16.9. The number of Topliss-reactive ketones (excluding diaryl/α,β-unsaturated/α-hetero) is 1. The van der Waals surface area contributed by atoms with Crippen molar-refractivity contribution in [1.29, 1.82) is 0 Å². The number of ether oxygens (including phenoxy) is 2. The van der Waals surface area contributed by atoms with Crippen LogP contribution in [0.25, 0.3) is 0 Å². The number of hydrogen-bond donors (Lipinski definition) is 0. The van der Waals surface area contributed by atoms with E-state index in [0.717, 1.165) is 30.9 Å². The second-order valence-electron chi connectivity index (χ2n) is 6.51. The third kappa shape index (κ3) is 6.10. The Labute approximate surface area is 169 Å². The number of hydrogen-bond acceptors (Lipinski definition) is 4. The fourth-order valence-corrected chi connectivity index (χ4v) is 3.61. The Hall–Kier alpha value is -1.29. The van der Waals surface area contributed by atoms with Crippen LogP contribution >= 0.6 is 0 Å². The van der Waals surface area contributed by atoms with Crippen LogP contribution in [0.15, 0.2) is 24.3 Å². The minimum Gasteiger partial charge on any atom is -0.493 e. The van der Waals surface area contributed by atoms with Crippen LogP contribution in [0.5, 0.6) is 11.5 Å². The van der Waals surface area contributed by atoms with Gasteiger partial charge in [0.25, 0.3) is 0 Å². The molecule has 1 heterocycles. The van der Waals surface area contributed by atoms with Gasteiger partial charge >= 0.3 is 0 Å². The van der Waals surface area contributed by atoms with E-state index >= 15 is 0 Å². The topological polar surface area (TPSA) is 38.8 Å². The molecule has 1 aliphatic carbocycles. The van der Waals surface area contributed by atoms with Gasteiger partial charge in [-0.05, 0) is 43.3 Å². The first kappa shape index (κ1) is 23.7. The van der Waals surface area contributed by atoms with Gasteiger partial charge in [-0.3, -0.25) is 0 Å². The molecule has 138 valence electrons. The smallest absolute Gasteiger partial charge is 0.160 e. The van der Waals surface area contributed by atoms with Crippen LogP contribution in [0.3, 0.4) is 0 Å². The van der Waals surface area contributed by atoms with E-state index in [4.69, 9.17) is 40.9 Å². The molecule has 3 unspecified atom stereocenters. The van der Waals surface area contributed by atoms with Crippen LogP contribution in [-0.4, -0.2) is 74.1 Å². The summed E-state index contributed by atoms with van der Waals surface area (Å²) in [4.78, 5) is 13.3. The Kier molecular flexibility index (Phi) is 9.58. The quantitative estimate of drug-likeness (QED) is 0.771. The van der Waals surface area contributed by atoms with Gasteiger partial charge in [-0.1, -0.05) is 31.2 Å². The van der Waals surface area contributed by atoms with Crippen molar-refractivity contribution in [2.75, 3.05) is 20.8 Å². The largest absolute Gasteiger partial charge is 0.493 e. The van der Waals surface area contributed by atoms with Gasteiger partial charge in [0.1, 0.15) is 5.78 Å². The van der Waals surface area contributed by atoms with Crippen molar-refractivity contribution >= 4 is 37.2 Å². The summed E-state index contributed by atoms with van der Waals surface area (Å²) in [5, 5.41) is -1.37. The summed E-state index contributed by atoms with van der Waals surface area (Å²) < 4.78 is 10.0. The summed E-state index contributed by atoms with van der Waals surface area (Å²) in [5.41, 5.74) is 0. The van der Waals surface area contributed by atoms with Crippen molar-refractivity contribution < 1.29 is 14.3 Å². The maximum absolute atomic E-state index is 11.5. The lowest BCUT2D eigenvalue weighted by atomic mass is 9.47. The van der Waals surface area contributed by atoms with Crippen LogP contribution in [0, 0.1) is 5.92 Å². The summed E-state index contributed by atoms with van der Waals surface area (Å²) >= 11 is 0. The van der Waals surface area contributed by atoms with Crippen LogP contribution < -0.4 is 9.47 Å². The first-order valence-corrected chi connectivity index (χ1v) is 9.38. The molecule has 3 atom stereocenters. The molecule has 2 aliphatic rings. The molecule has 0 amide bonds. The van der Waals surface area contributed by atoms with E-state index in [1.54, 1.807) is 19.1 Å². The van der Waals surface area contributed by atoms with E-state index in [1.807, 2.05) is 38.1 Å². The van der Waals surface area contributed by atoms with Gasteiger partial charge in [-0.15, -0.1) is 0 Å². The maximum atomic E-state index is 11.5. The maximum Gasteiger partial charge on any atom is 0.160 e. The monoisotopic (exact) mass is 361 g/mol. The number of benzene rings is 1. The molecular formula is C19H27B4NO3. The molecule has 0 aromatic heterocycles. The van der Waals surface area contributed by atoms with Crippen LogP contribution in [0.4, 0.5) is 0 Å². The second kappa shape index (κ2) is 10.9. The highest BCUT2D eigenvalue weighted by atomic mass is 16.5. The summed E-state index contributed by atoms with van der Waals surface area (Å²) in [6, 6.07) is 7.45. The lowest BCUT2D eigenvalue weighted by molar-refractivity contribution is -0.122. The third-order valence-corrected chi connectivity index (χ3v) is 4.87. The lowest BCUT2D eigenvalue weighted by Crippen LogP contribution is -2.56. The normalized spacial score (nSPS) is 24.6. The zero-order valence-corrected chi connectivity index (χ0v) is 16.9. The van der Waals surface area contributed by atoms with Crippen molar-refractivity contribution in [2.45, 2.75) is 50.2 Å². The number of para-hydroxylation sites is 2. The number of rotatable bonds is 3. The van der Waals surface area contributed by atoms with Gasteiger partial charge in [0.05, 0.1) is 45.6 Å². The number of nitrogens with zero attached hydrogens (tertiary/aromatic N) is 1. The standard InChI is InChI=1S/C9H11B4NO.C8H10O2.C2H6/c10-7-6(15)2-1-5-3-4-14(8(5)7)9(11,12)13;1-9-7-5-3-4-6-8(7)10-2;1-2/h5,7-8H,1-4H2;3-6H,1-2H3;1-2H3. The molecule has 3 rings (SSSR count). The Bertz CT molecular complexity index is 572. The summed E-state index contributed by atoms with van der Waals surface area (Å²) in [6.45, 7) is 4.72. The highest BCUT2D eigenvalue weighted by Gasteiger charge is 2.45. The molecule has 27 heavy (non-hydrogen) atoms. The average molecular weight is 361 g/mol. The number of carbonyl (C=O) groups excluding carboxylic acids is 1. The molecule has 8 radical (unpaired) electrons. The Balaban J connectivity index is 0.000000265. The lowest BCUT2D eigenvalue weighted by Gasteiger charge is -2.44. The van der Waals surface area contributed by atoms with E-state index in [2.05, 4.69) is 0 Å². The van der Waals surface area contributed by atoms with Crippen molar-refractivity contribution in [3.8, 4) is 11.5 Å². The van der Waals surface area contributed by atoms with Crippen LogP contribution in [-0.2, 0) is 4.79 Å². The molecule has 0 bridgehead atoms. The third-order valence-electron chi connectivity index (χ3n) is 4.87. The van der Waals surface area contributed by atoms with Gasteiger partial charge < -0.3 is 19.2 Å². The fourth-order valence-electron chi connectivity index (χ4n) is 3.61. The van der Waals surface area contributed by atoms with E-state index in [9.17, 15) is 4.79 Å². The SMILES string of the molecule is CC.COc1ccccc1OC.[B]C1C(=O)CCC2CCN(C([B])([B])[B])C21. The minimum absolute atomic E-state index is 0.0775. The molecule has 1 aromatic rings. The molecule has 0 N–H and O–H groups in total. The molecule has 1 aromatic carbocycles. The fraction of sp³-hybridized carbons (Fsp3) is 0.632. The summed E-state index contributed by atoms with van der Waals surface area (Å²) in [7, 11) is 26.1. The van der Waals surface area contributed by atoms with Gasteiger partial charge in [-0.25, -0.2) is 0 Å². The number of carbonyl (C=O) groups is 1. The molecule has 8 heteroatoms. The molecule has 1 saturated heterocycles. The van der Waals surface area contributed by atoms with Crippen molar-refractivity contribution in [3.05, 3.63) is 24.3 Å². The van der Waals surface area contributed by atoms with E-state index < -0.39 is 11.1 Å². The number of fused-ring (bicyclic) bond motifs is 1. The molecular weight excluding hydrogens is 333 g/mol. The number of likely N-dealkylation sites (tertiary alicyclic amines) is 1. The highest BCUT2D eigenvalue weighted by molar-refractivity contribution is 6.59.